The quantitative estimate of drug-likeness (QED) is 0.815. The van der Waals surface area contributed by atoms with E-state index in [-0.39, 0.29) is 11.9 Å². The summed E-state index contributed by atoms with van der Waals surface area (Å²) in [7, 11) is 0. The summed E-state index contributed by atoms with van der Waals surface area (Å²) in [5.41, 5.74) is -0.107. The highest BCUT2D eigenvalue weighted by molar-refractivity contribution is 7.96. The third-order valence-corrected chi connectivity index (χ3v) is 2.34. The molecule has 0 aliphatic heterocycles. The van der Waals surface area contributed by atoms with Gasteiger partial charge in [-0.25, -0.2) is 4.98 Å². The van der Waals surface area contributed by atoms with E-state index in [0.717, 1.165) is 12.1 Å². The van der Waals surface area contributed by atoms with Gasteiger partial charge in [0.2, 0.25) is 0 Å². The van der Waals surface area contributed by atoms with Gasteiger partial charge in [-0.1, -0.05) is 0 Å². The van der Waals surface area contributed by atoms with Crippen LogP contribution in [-0.4, -0.2) is 15.1 Å². The number of thiol groups is 1. The van der Waals surface area contributed by atoms with Gasteiger partial charge < -0.3 is 4.98 Å². The maximum Gasteiger partial charge on any atom is 0.416 e. The van der Waals surface area contributed by atoms with E-state index in [4.69, 9.17) is 0 Å². The number of hydrogen-bond donors (Lipinski definition) is 2. The van der Waals surface area contributed by atoms with Gasteiger partial charge >= 0.3 is 6.18 Å². The van der Waals surface area contributed by atoms with Crippen molar-refractivity contribution >= 4 is 28.8 Å². The minimum atomic E-state index is -4.39. The van der Waals surface area contributed by atoms with Gasteiger partial charge in [0.25, 0.3) is 0 Å². The van der Waals surface area contributed by atoms with Gasteiger partial charge in [-0.15, -0.1) is 12.6 Å². The Balaban J connectivity index is 2.44. The Bertz CT molecular complexity index is 576. The topological polar surface area (TPSA) is 45.8 Å². The Labute approximate surface area is 99.4 Å². The van der Waals surface area contributed by atoms with Gasteiger partial charge in [0, 0.05) is 0 Å². The maximum absolute atomic E-state index is 12.4. The van der Waals surface area contributed by atoms with Crippen LogP contribution in [0.2, 0.25) is 0 Å². The minimum Gasteiger partial charge on any atom is -0.342 e. The van der Waals surface area contributed by atoms with Crippen molar-refractivity contribution in [1.82, 2.24) is 9.97 Å². The van der Waals surface area contributed by atoms with Gasteiger partial charge in [0.15, 0.2) is 5.12 Å². The molecule has 0 aliphatic carbocycles. The summed E-state index contributed by atoms with van der Waals surface area (Å²) in [4.78, 5) is 17.4. The number of imidazole rings is 1. The van der Waals surface area contributed by atoms with Crippen LogP contribution >= 0.6 is 12.6 Å². The lowest BCUT2D eigenvalue weighted by atomic mass is 10.2. The second kappa shape index (κ2) is 4.06. The number of nitrogens with zero attached hydrogens (tertiary/aromatic N) is 1. The molecule has 0 amide bonds. The van der Waals surface area contributed by atoms with Crippen LogP contribution in [0.1, 0.15) is 11.4 Å². The van der Waals surface area contributed by atoms with Gasteiger partial charge in [0.05, 0.1) is 23.0 Å². The fourth-order valence-corrected chi connectivity index (χ4v) is 1.62. The predicted molar refractivity (Wildman–Crippen MR) is 58.8 cm³/mol. The monoisotopic (exact) mass is 260 g/mol. The van der Waals surface area contributed by atoms with Crippen LogP contribution in [0.25, 0.3) is 11.0 Å². The van der Waals surface area contributed by atoms with E-state index >= 15 is 0 Å². The average Bonchev–Trinajstić information content (AvgIpc) is 2.55. The van der Waals surface area contributed by atoms with E-state index in [2.05, 4.69) is 22.6 Å². The fourth-order valence-electron chi connectivity index (χ4n) is 1.47. The maximum atomic E-state index is 12.4. The number of H-pyrrole nitrogens is 1. The van der Waals surface area contributed by atoms with Crippen LogP contribution in [0, 0.1) is 0 Å². The lowest BCUT2D eigenvalue weighted by molar-refractivity contribution is -0.137. The Morgan fingerprint density at radius 2 is 2.12 bits per heavy atom. The zero-order chi connectivity index (χ0) is 12.6. The summed E-state index contributed by atoms with van der Waals surface area (Å²) in [6, 6.07) is 3.19. The molecule has 7 heteroatoms. The Morgan fingerprint density at radius 1 is 1.41 bits per heavy atom. The first kappa shape index (κ1) is 12.0. The third kappa shape index (κ3) is 2.60. The number of aromatic nitrogens is 2. The molecule has 1 aromatic carbocycles. The molecule has 0 saturated carbocycles. The largest absolute Gasteiger partial charge is 0.416 e. The van der Waals surface area contributed by atoms with Crippen molar-refractivity contribution in [3.63, 3.8) is 0 Å². The molecule has 0 saturated heterocycles. The summed E-state index contributed by atoms with van der Waals surface area (Å²) in [6.45, 7) is 0. The molecule has 2 aromatic rings. The summed E-state index contributed by atoms with van der Waals surface area (Å²) in [5, 5.41) is -0.403. The molecule has 2 rings (SSSR count). The zero-order valence-electron chi connectivity index (χ0n) is 8.38. The van der Waals surface area contributed by atoms with E-state index < -0.39 is 16.9 Å². The number of carbonyl (C=O) groups is 1. The summed E-state index contributed by atoms with van der Waals surface area (Å²) in [5.74, 6) is 0.305. The molecule has 3 nitrogen and oxygen atoms in total. The first-order chi connectivity index (χ1) is 7.86. The SMILES string of the molecule is O=C(S)Cc1nc2ccc(C(F)(F)F)cc2[nH]1. The predicted octanol–water partition coefficient (Wildman–Crippen LogP) is 2.58. The van der Waals surface area contributed by atoms with Gasteiger partial charge in [-0.05, 0) is 18.2 Å². The van der Waals surface area contributed by atoms with Gasteiger partial charge in [-0.3, -0.25) is 4.79 Å². The van der Waals surface area contributed by atoms with Crippen LogP contribution < -0.4 is 0 Å². The van der Waals surface area contributed by atoms with Crippen molar-refractivity contribution in [2.24, 2.45) is 0 Å². The minimum absolute atomic E-state index is 0.0425. The molecule has 1 heterocycles. The number of nitrogens with one attached hydrogen (secondary N) is 1. The fraction of sp³-hybridized carbons (Fsp3) is 0.200. The van der Waals surface area contributed by atoms with E-state index in [0.29, 0.717) is 11.3 Å². The standard InChI is InChI=1S/C10H7F3N2OS/c11-10(12,13)5-1-2-6-7(3-5)15-8(14-6)4-9(16)17/h1-3H,4H2,(H,14,15)(H,16,17). The highest BCUT2D eigenvalue weighted by atomic mass is 32.1. The number of carbonyl (C=O) groups excluding carboxylic acids is 1. The van der Waals surface area contributed by atoms with Crippen LogP contribution in [0.15, 0.2) is 18.2 Å². The molecule has 1 aromatic heterocycles. The number of benzene rings is 1. The van der Waals surface area contributed by atoms with Crippen LogP contribution in [-0.2, 0) is 17.4 Å². The van der Waals surface area contributed by atoms with Gasteiger partial charge in [0.1, 0.15) is 5.82 Å². The lowest BCUT2D eigenvalue weighted by Crippen LogP contribution is -2.04. The highest BCUT2D eigenvalue weighted by Gasteiger charge is 2.30. The van der Waals surface area contributed by atoms with Crippen LogP contribution in [0.3, 0.4) is 0 Å². The molecule has 1 N–H and O–H groups in total. The number of fused-ring (bicyclic) bond motifs is 1. The molecule has 0 atom stereocenters. The number of hydrogen-bond acceptors (Lipinski definition) is 2. The molecule has 0 radical (unpaired) electrons. The highest BCUT2D eigenvalue weighted by Crippen LogP contribution is 2.30. The summed E-state index contributed by atoms with van der Waals surface area (Å²) in [6.07, 6.45) is -4.43. The van der Waals surface area contributed by atoms with Crippen LogP contribution in [0.4, 0.5) is 13.2 Å². The van der Waals surface area contributed by atoms with Crippen molar-refractivity contribution in [2.45, 2.75) is 12.6 Å². The normalized spacial score (nSPS) is 12.0. The number of aromatic amines is 1. The van der Waals surface area contributed by atoms with E-state index in [1.807, 2.05) is 0 Å². The second-order valence-electron chi connectivity index (χ2n) is 3.48. The van der Waals surface area contributed by atoms with Crippen molar-refractivity contribution < 1.29 is 18.0 Å². The van der Waals surface area contributed by atoms with Crippen molar-refractivity contribution in [1.29, 1.82) is 0 Å². The molecular formula is C10H7F3N2OS. The molecule has 0 unspecified atom stereocenters. The van der Waals surface area contributed by atoms with Gasteiger partial charge in [-0.2, -0.15) is 13.2 Å². The van der Waals surface area contributed by atoms with Crippen molar-refractivity contribution in [2.75, 3.05) is 0 Å². The molecule has 90 valence electrons. The molecular weight excluding hydrogens is 253 g/mol. The number of rotatable bonds is 2. The first-order valence-electron chi connectivity index (χ1n) is 4.64. The Morgan fingerprint density at radius 3 is 2.71 bits per heavy atom. The summed E-state index contributed by atoms with van der Waals surface area (Å²) < 4.78 is 37.3. The number of halogens is 3. The second-order valence-corrected chi connectivity index (χ2v) is 3.98. The lowest BCUT2D eigenvalue weighted by Gasteiger charge is -2.05. The molecule has 0 fully saturated rings. The molecule has 0 bridgehead atoms. The Hall–Kier alpha value is -1.50. The molecule has 17 heavy (non-hydrogen) atoms. The molecule has 0 spiro atoms. The Kier molecular flexibility index (Phi) is 2.86. The smallest absolute Gasteiger partial charge is 0.342 e. The van der Waals surface area contributed by atoms with Crippen molar-refractivity contribution in [3.05, 3.63) is 29.6 Å². The van der Waals surface area contributed by atoms with E-state index in [1.54, 1.807) is 0 Å². The van der Waals surface area contributed by atoms with E-state index in [9.17, 15) is 18.0 Å². The van der Waals surface area contributed by atoms with Crippen LogP contribution in [0.5, 0.6) is 0 Å². The molecule has 0 aliphatic rings. The first-order valence-corrected chi connectivity index (χ1v) is 5.08. The number of alkyl halides is 3. The average molecular weight is 260 g/mol. The summed E-state index contributed by atoms with van der Waals surface area (Å²) >= 11 is 3.58. The van der Waals surface area contributed by atoms with E-state index in [1.165, 1.54) is 6.07 Å². The third-order valence-electron chi connectivity index (χ3n) is 2.18. The van der Waals surface area contributed by atoms with Crippen molar-refractivity contribution in [3.8, 4) is 0 Å². The zero-order valence-corrected chi connectivity index (χ0v) is 9.27.